The lowest BCUT2D eigenvalue weighted by molar-refractivity contribution is -0.137. The first-order valence-corrected chi connectivity index (χ1v) is 8.79. The normalized spacial score (nSPS) is 15.0. The molecule has 2 aromatic carbocycles. The Kier molecular flexibility index (Phi) is 5.30. The Hall–Kier alpha value is -2.70. The van der Waals surface area contributed by atoms with E-state index in [4.69, 9.17) is 0 Å². The predicted octanol–water partition coefficient (Wildman–Crippen LogP) is 4.68. The van der Waals surface area contributed by atoms with E-state index in [0.29, 0.717) is 31.9 Å². The van der Waals surface area contributed by atoms with Crippen molar-refractivity contribution in [3.63, 3.8) is 0 Å². The quantitative estimate of drug-likeness (QED) is 0.825. The molecule has 2 amide bonds. The molecule has 0 aliphatic carbocycles. The number of carbonyl (C=O) groups excluding carboxylic acids is 1. The van der Waals surface area contributed by atoms with Gasteiger partial charge in [-0.05, 0) is 43.7 Å². The van der Waals surface area contributed by atoms with E-state index >= 15 is 0 Å². The molecule has 0 saturated carbocycles. The lowest BCUT2D eigenvalue weighted by Gasteiger charge is -2.36. The van der Waals surface area contributed by atoms with E-state index < -0.39 is 11.7 Å². The van der Waals surface area contributed by atoms with Gasteiger partial charge in [-0.15, -0.1) is 0 Å². The van der Waals surface area contributed by atoms with E-state index in [9.17, 15) is 18.0 Å². The van der Waals surface area contributed by atoms with Crippen molar-refractivity contribution in [2.24, 2.45) is 0 Å². The van der Waals surface area contributed by atoms with Gasteiger partial charge >= 0.3 is 12.2 Å². The van der Waals surface area contributed by atoms with Gasteiger partial charge in [0.1, 0.15) is 0 Å². The molecule has 0 radical (unpaired) electrons. The summed E-state index contributed by atoms with van der Waals surface area (Å²) < 4.78 is 38.7. The molecule has 1 N–H and O–H groups in total. The number of alkyl halides is 3. The van der Waals surface area contributed by atoms with Crippen LogP contribution in [-0.4, -0.2) is 37.1 Å². The highest BCUT2D eigenvalue weighted by molar-refractivity contribution is 5.90. The van der Waals surface area contributed by atoms with Gasteiger partial charge in [-0.1, -0.05) is 23.8 Å². The summed E-state index contributed by atoms with van der Waals surface area (Å²) in [6.45, 7) is 5.81. The third kappa shape index (κ3) is 4.53. The number of piperazine rings is 1. The van der Waals surface area contributed by atoms with Crippen LogP contribution in [0.2, 0.25) is 0 Å². The molecule has 0 aromatic heterocycles. The third-order valence-electron chi connectivity index (χ3n) is 4.73. The van der Waals surface area contributed by atoms with E-state index in [1.165, 1.54) is 6.07 Å². The molecule has 0 atom stereocenters. The summed E-state index contributed by atoms with van der Waals surface area (Å²) in [7, 11) is 0. The second kappa shape index (κ2) is 7.50. The minimum absolute atomic E-state index is 0.189. The SMILES string of the molecule is Cc1ccc(NC(=O)N2CCN(c3cccc(C(F)(F)F)c3)CC2)c(C)c1. The predicted molar refractivity (Wildman–Crippen MR) is 100 cm³/mol. The number of anilines is 2. The van der Waals surface area contributed by atoms with Crippen LogP contribution in [0.1, 0.15) is 16.7 Å². The summed E-state index contributed by atoms with van der Waals surface area (Å²) in [4.78, 5) is 16.0. The molecule has 0 bridgehead atoms. The summed E-state index contributed by atoms with van der Waals surface area (Å²) in [5, 5.41) is 2.91. The molecule has 1 aliphatic rings. The number of nitrogens with one attached hydrogen (secondary N) is 1. The number of hydrogen-bond donors (Lipinski definition) is 1. The summed E-state index contributed by atoms with van der Waals surface area (Å²) in [5.74, 6) is 0. The molecule has 1 saturated heterocycles. The van der Waals surface area contributed by atoms with Gasteiger partial charge in [-0.2, -0.15) is 13.2 Å². The topological polar surface area (TPSA) is 35.6 Å². The third-order valence-corrected chi connectivity index (χ3v) is 4.73. The molecule has 0 unspecified atom stereocenters. The maximum atomic E-state index is 12.9. The van der Waals surface area contributed by atoms with Crippen molar-refractivity contribution in [2.75, 3.05) is 36.4 Å². The summed E-state index contributed by atoms with van der Waals surface area (Å²) >= 11 is 0. The van der Waals surface area contributed by atoms with E-state index in [2.05, 4.69) is 5.32 Å². The zero-order valence-corrected chi connectivity index (χ0v) is 15.3. The molecule has 7 heteroatoms. The average molecular weight is 377 g/mol. The summed E-state index contributed by atoms with van der Waals surface area (Å²) in [6.07, 6.45) is -4.36. The second-order valence-electron chi connectivity index (χ2n) is 6.77. The summed E-state index contributed by atoms with van der Waals surface area (Å²) in [6, 6.07) is 10.9. The van der Waals surface area contributed by atoms with Crippen LogP contribution in [0.15, 0.2) is 42.5 Å². The molecule has 4 nitrogen and oxygen atoms in total. The molecule has 1 heterocycles. The monoisotopic (exact) mass is 377 g/mol. The van der Waals surface area contributed by atoms with Gasteiger partial charge in [-0.3, -0.25) is 0 Å². The number of nitrogens with zero attached hydrogens (tertiary/aromatic N) is 2. The van der Waals surface area contributed by atoms with Crippen molar-refractivity contribution in [3.8, 4) is 0 Å². The highest BCUT2D eigenvalue weighted by Gasteiger charge is 2.31. The fourth-order valence-electron chi connectivity index (χ4n) is 3.19. The lowest BCUT2D eigenvalue weighted by Crippen LogP contribution is -2.50. The Morgan fingerprint density at radius 3 is 2.33 bits per heavy atom. The van der Waals surface area contributed by atoms with E-state index in [0.717, 1.165) is 28.9 Å². The van der Waals surface area contributed by atoms with Crippen molar-refractivity contribution < 1.29 is 18.0 Å². The first kappa shape index (κ1) is 19.1. The number of urea groups is 1. The Bertz CT molecular complexity index is 827. The first-order valence-electron chi connectivity index (χ1n) is 8.79. The maximum Gasteiger partial charge on any atom is 0.416 e. The van der Waals surface area contributed by atoms with Crippen molar-refractivity contribution >= 4 is 17.4 Å². The number of carbonyl (C=O) groups is 1. The molecule has 1 aliphatic heterocycles. The van der Waals surface area contributed by atoms with Crippen LogP contribution >= 0.6 is 0 Å². The van der Waals surface area contributed by atoms with Crippen molar-refractivity contribution in [2.45, 2.75) is 20.0 Å². The molecule has 27 heavy (non-hydrogen) atoms. The van der Waals surface area contributed by atoms with Gasteiger partial charge in [0, 0.05) is 37.6 Å². The van der Waals surface area contributed by atoms with E-state index in [1.807, 2.05) is 36.9 Å². The minimum Gasteiger partial charge on any atom is -0.368 e. The van der Waals surface area contributed by atoms with Crippen LogP contribution in [0.3, 0.4) is 0 Å². The summed E-state index contributed by atoms with van der Waals surface area (Å²) in [5.41, 5.74) is 2.76. The Morgan fingerprint density at radius 1 is 1.00 bits per heavy atom. The van der Waals surface area contributed by atoms with Crippen molar-refractivity contribution in [1.82, 2.24) is 4.90 Å². The number of aryl methyl sites for hydroxylation is 2. The molecule has 0 spiro atoms. The van der Waals surface area contributed by atoms with Crippen LogP contribution in [0.4, 0.5) is 29.3 Å². The van der Waals surface area contributed by atoms with Crippen LogP contribution in [0.25, 0.3) is 0 Å². The van der Waals surface area contributed by atoms with Gasteiger partial charge in [0.25, 0.3) is 0 Å². The highest BCUT2D eigenvalue weighted by atomic mass is 19.4. The fourth-order valence-corrected chi connectivity index (χ4v) is 3.19. The molecular weight excluding hydrogens is 355 g/mol. The average Bonchev–Trinajstić information content (AvgIpc) is 2.63. The standard InChI is InChI=1S/C20H22F3N3O/c1-14-6-7-18(15(2)12-14)24-19(27)26-10-8-25(9-11-26)17-5-3-4-16(13-17)20(21,22)23/h3-7,12-13H,8-11H2,1-2H3,(H,24,27). The van der Waals surface area contributed by atoms with Crippen molar-refractivity contribution in [3.05, 3.63) is 59.2 Å². The van der Waals surface area contributed by atoms with Gasteiger partial charge in [0.2, 0.25) is 0 Å². The second-order valence-corrected chi connectivity index (χ2v) is 6.77. The first-order chi connectivity index (χ1) is 12.7. The van der Waals surface area contributed by atoms with Gasteiger partial charge in [0.05, 0.1) is 5.56 Å². The van der Waals surface area contributed by atoms with Crippen LogP contribution in [0, 0.1) is 13.8 Å². The van der Waals surface area contributed by atoms with E-state index in [-0.39, 0.29) is 6.03 Å². The number of halogens is 3. The van der Waals surface area contributed by atoms with Crippen LogP contribution in [-0.2, 0) is 6.18 Å². The Morgan fingerprint density at radius 2 is 1.70 bits per heavy atom. The zero-order valence-electron chi connectivity index (χ0n) is 15.3. The van der Waals surface area contributed by atoms with Crippen molar-refractivity contribution in [1.29, 1.82) is 0 Å². The molecular formula is C20H22F3N3O. The Balaban J connectivity index is 1.61. The van der Waals surface area contributed by atoms with Gasteiger partial charge in [-0.25, -0.2) is 4.79 Å². The molecule has 1 fully saturated rings. The Labute approximate surface area is 156 Å². The van der Waals surface area contributed by atoms with E-state index in [1.54, 1.807) is 11.0 Å². The maximum absolute atomic E-state index is 12.9. The molecule has 2 aromatic rings. The number of rotatable bonds is 2. The molecule has 3 rings (SSSR count). The van der Waals surface area contributed by atoms with Gasteiger partial charge < -0.3 is 15.1 Å². The molecule has 144 valence electrons. The highest BCUT2D eigenvalue weighted by Crippen LogP contribution is 2.32. The minimum atomic E-state index is -4.36. The zero-order chi connectivity index (χ0) is 19.6. The smallest absolute Gasteiger partial charge is 0.368 e. The van der Waals surface area contributed by atoms with Gasteiger partial charge in [0.15, 0.2) is 0 Å². The number of amides is 2. The number of hydrogen-bond acceptors (Lipinski definition) is 2. The van der Waals surface area contributed by atoms with Crippen LogP contribution in [0.5, 0.6) is 0 Å². The fraction of sp³-hybridized carbons (Fsp3) is 0.350. The lowest BCUT2D eigenvalue weighted by atomic mass is 10.1. The number of benzene rings is 2. The van der Waals surface area contributed by atoms with Crippen LogP contribution < -0.4 is 10.2 Å². The largest absolute Gasteiger partial charge is 0.416 e.